The number of quaternary nitrogens is 2. The highest BCUT2D eigenvalue weighted by Gasteiger charge is 2.12. The molecule has 1 atom stereocenters. The summed E-state index contributed by atoms with van der Waals surface area (Å²) in [6.45, 7) is 4.43. The van der Waals surface area contributed by atoms with E-state index in [9.17, 15) is 5.11 Å². The Morgan fingerprint density at radius 2 is 1.90 bits per heavy atom. The number of nitrogens with two attached hydrogens (primary N) is 1. The van der Waals surface area contributed by atoms with E-state index >= 15 is 0 Å². The molecule has 20 heavy (non-hydrogen) atoms. The topological polar surface area (TPSA) is 41.3 Å². The molecule has 0 aliphatic carbocycles. The van der Waals surface area contributed by atoms with Gasteiger partial charge in [-0.3, -0.25) is 0 Å². The highest BCUT2D eigenvalue weighted by Crippen LogP contribution is 1.95. The van der Waals surface area contributed by atoms with E-state index in [1.165, 1.54) is 37.9 Å². The lowest BCUT2D eigenvalue weighted by Crippen LogP contribution is -3.12. The molecular weight excluding hydrogens is 248 g/mol. The van der Waals surface area contributed by atoms with E-state index < -0.39 is 0 Å². The lowest BCUT2D eigenvalue weighted by Gasteiger charge is -2.21. The Morgan fingerprint density at radius 3 is 2.60 bits per heavy atom. The molecule has 0 radical (unpaired) electrons. The van der Waals surface area contributed by atoms with Crippen LogP contribution >= 0.6 is 0 Å². The third-order valence-electron chi connectivity index (χ3n) is 3.86. The first-order valence-electron chi connectivity index (χ1n) is 7.68. The van der Waals surface area contributed by atoms with Crippen LogP contribution in [0.25, 0.3) is 0 Å². The van der Waals surface area contributed by atoms with Gasteiger partial charge in [0.15, 0.2) is 6.04 Å². The van der Waals surface area contributed by atoms with Gasteiger partial charge in [0, 0.05) is 5.56 Å². The van der Waals surface area contributed by atoms with Crippen molar-refractivity contribution >= 4 is 0 Å². The van der Waals surface area contributed by atoms with E-state index in [-0.39, 0.29) is 12.6 Å². The van der Waals surface area contributed by atoms with Crippen molar-refractivity contribution in [2.45, 2.75) is 31.8 Å². The molecule has 0 saturated carbocycles. The summed E-state index contributed by atoms with van der Waals surface area (Å²) in [6.07, 6.45) is 4.04. The number of aliphatic hydroxyl groups excluding tert-OH is 1. The third-order valence-corrected chi connectivity index (χ3v) is 3.86. The molecule has 108 valence electrons. The van der Waals surface area contributed by atoms with Crippen LogP contribution in [0.3, 0.4) is 0 Å². The summed E-state index contributed by atoms with van der Waals surface area (Å²) in [7, 11) is 0. The molecule has 1 unspecified atom stereocenters. The van der Waals surface area contributed by atoms with Crippen LogP contribution < -0.4 is 10.2 Å². The number of nitrogens with one attached hydrogen (secondary N) is 1. The maximum absolute atomic E-state index is 9.40. The van der Waals surface area contributed by atoms with Crippen LogP contribution in [-0.4, -0.2) is 37.4 Å². The highest BCUT2D eigenvalue weighted by atomic mass is 16.3. The van der Waals surface area contributed by atoms with Gasteiger partial charge in [-0.05, 0) is 31.1 Å². The Labute approximate surface area is 122 Å². The first kappa shape index (κ1) is 15.1. The second-order valence-corrected chi connectivity index (χ2v) is 5.52. The van der Waals surface area contributed by atoms with Crippen LogP contribution in [-0.2, 0) is 6.54 Å². The van der Waals surface area contributed by atoms with E-state index in [0.29, 0.717) is 0 Å². The summed E-state index contributed by atoms with van der Waals surface area (Å²) in [5, 5.41) is 11.5. The van der Waals surface area contributed by atoms with Gasteiger partial charge >= 0.3 is 0 Å². The zero-order chi connectivity index (χ0) is 14.0. The third kappa shape index (κ3) is 5.34. The predicted octanol–water partition coefficient (Wildman–Crippen LogP) is -0.817. The largest absolute Gasteiger partial charge is 0.389 e. The summed E-state index contributed by atoms with van der Waals surface area (Å²) < 4.78 is 0. The molecule has 1 aliphatic heterocycles. The maximum atomic E-state index is 9.40. The lowest BCUT2D eigenvalue weighted by molar-refractivity contribution is -0.897. The lowest BCUT2D eigenvalue weighted by atomic mass is 10.1. The Kier molecular flexibility index (Phi) is 6.59. The van der Waals surface area contributed by atoms with Crippen molar-refractivity contribution in [3.05, 3.63) is 35.9 Å². The molecule has 1 fully saturated rings. The van der Waals surface area contributed by atoms with Crippen LogP contribution in [0, 0.1) is 11.8 Å². The van der Waals surface area contributed by atoms with Gasteiger partial charge in [-0.25, -0.2) is 0 Å². The van der Waals surface area contributed by atoms with E-state index in [1.807, 2.05) is 18.2 Å². The zero-order valence-corrected chi connectivity index (χ0v) is 12.1. The number of aliphatic hydroxyl groups is 1. The molecule has 0 bridgehead atoms. The fraction of sp³-hybridized carbons (Fsp3) is 0.529. The van der Waals surface area contributed by atoms with Gasteiger partial charge in [0.1, 0.15) is 19.7 Å². The standard InChI is InChI=1S/C17H24N2O/c20-15-17(18-14-16-8-3-1-4-9-16)10-7-13-19-11-5-2-6-12-19/h1,3-4,8-9,17-18,20H,2,5-6,11-15H2/p+2. The molecule has 1 aliphatic rings. The van der Waals surface area contributed by atoms with Gasteiger partial charge in [-0.1, -0.05) is 30.3 Å². The van der Waals surface area contributed by atoms with Crippen LogP contribution in [0.2, 0.25) is 0 Å². The quantitative estimate of drug-likeness (QED) is 0.604. The van der Waals surface area contributed by atoms with Crippen LogP contribution in [0.4, 0.5) is 0 Å². The monoisotopic (exact) mass is 274 g/mol. The second kappa shape index (κ2) is 8.76. The molecule has 3 nitrogen and oxygen atoms in total. The minimum Gasteiger partial charge on any atom is -0.389 e. The molecular formula is C17H26N2O+2. The highest BCUT2D eigenvalue weighted by molar-refractivity contribution is 5.13. The first-order chi connectivity index (χ1) is 9.88. The van der Waals surface area contributed by atoms with Crippen molar-refractivity contribution in [2.24, 2.45) is 0 Å². The molecule has 0 spiro atoms. The average molecular weight is 274 g/mol. The summed E-state index contributed by atoms with van der Waals surface area (Å²) in [5.41, 5.74) is 1.27. The first-order valence-corrected chi connectivity index (χ1v) is 7.68. The number of hydrogen-bond donors (Lipinski definition) is 3. The Hall–Kier alpha value is -1.34. The second-order valence-electron chi connectivity index (χ2n) is 5.52. The summed E-state index contributed by atoms with van der Waals surface area (Å²) in [6, 6.07) is 10.3. The number of likely N-dealkylation sites (tertiary alicyclic amines) is 1. The zero-order valence-electron chi connectivity index (χ0n) is 12.1. The van der Waals surface area contributed by atoms with E-state index in [0.717, 1.165) is 13.1 Å². The van der Waals surface area contributed by atoms with Crippen molar-refractivity contribution < 1.29 is 15.3 Å². The van der Waals surface area contributed by atoms with Gasteiger partial charge in [-0.15, -0.1) is 0 Å². The van der Waals surface area contributed by atoms with E-state index in [2.05, 4.69) is 29.3 Å². The summed E-state index contributed by atoms with van der Waals surface area (Å²) >= 11 is 0. The van der Waals surface area contributed by atoms with Gasteiger partial charge in [0.2, 0.25) is 0 Å². The van der Waals surface area contributed by atoms with E-state index in [4.69, 9.17) is 0 Å². The normalized spacial score (nSPS) is 17.2. The smallest absolute Gasteiger partial charge is 0.171 e. The van der Waals surface area contributed by atoms with Crippen molar-refractivity contribution in [1.29, 1.82) is 0 Å². The number of rotatable bonds is 5. The van der Waals surface area contributed by atoms with Crippen molar-refractivity contribution in [3.8, 4) is 11.8 Å². The van der Waals surface area contributed by atoms with E-state index in [1.54, 1.807) is 4.90 Å². The summed E-state index contributed by atoms with van der Waals surface area (Å²) in [5.74, 6) is 6.47. The molecule has 1 saturated heterocycles. The Morgan fingerprint density at radius 1 is 1.15 bits per heavy atom. The molecule has 0 aromatic heterocycles. The SMILES string of the molecule is OCC(C#CC[NH+]1CCCCC1)[NH2+]Cc1ccccc1. The van der Waals surface area contributed by atoms with Crippen LogP contribution in [0.5, 0.6) is 0 Å². The molecule has 1 aromatic rings. The molecule has 4 N–H and O–H groups in total. The van der Waals surface area contributed by atoms with Crippen LogP contribution in [0.15, 0.2) is 30.3 Å². The van der Waals surface area contributed by atoms with Gasteiger partial charge < -0.3 is 15.3 Å². The van der Waals surface area contributed by atoms with Crippen molar-refractivity contribution in [3.63, 3.8) is 0 Å². The average Bonchev–Trinajstić information content (AvgIpc) is 2.52. The Balaban J connectivity index is 1.74. The summed E-state index contributed by atoms with van der Waals surface area (Å²) in [4.78, 5) is 1.60. The number of piperidine rings is 1. The van der Waals surface area contributed by atoms with Gasteiger partial charge in [0.25, 0.3) is 0 Å². The van der Waals surface area contributed by atoms with Gasteiger partial charge in [0.05, 0.1) is 13.1 Å². The molecule has 1 heterocycles. The minimum absolute atomic E-state index is 0.000559. The van der Waals surface area contributed by atoms with Crippen LogP contribution in [0.1, 0.15) is 24.8 Å². The molecule has 2 rings (SSSR count). The maximum Gasteiger partial charge on any atom is 0.171 e. The van der Waals surface area contributed by atoms with Crippen molar-refractivity contribution in [1.82, 2.24) is 0 Å². The molecule has 3 heteroatoms. The number of hydrogen-bond acceptors (Lipinski definition) is 1. The Bertz CT molecular complexity index is 429. The minimum atomic E-state index is -0.000559. The molecule has 1 aromatic carbocycles. The predicted molar refractivity (Wildman–Crippen MR) is 80.1 cm³/mol. The number of benzene rings is 1. The fourth-order valence-corrected chi connectivity index (χ4v) is 2.61. The van der Waals surface area contributed by atoms with Gasteiger partial charge in [-0.2, -0.15) is 0 Å². The van der Waals surface area contributed by atoms with Crippen molar-refractivity contribution in [2.75, 3.05) is 26.2 Å². The molecule has 0 amide bonds. The fourth-order valence-electron chi connectivity index (χ4n) is 2.61.